The molecular weight excluding hydrogens is 301 g/mol. The first-order chi connectivity index (χ1) is 11.8. The van der Waals surface area contributed by atoms with E-state index in [1.54, 1.807) is 0 Å². The average molecular weight is 321 g/mol. The topological polar surface area (TPSA) is 19.4 Å². The van der Waals surface area contributed by atoms with Crippen LogP contribution in [0.5, 0.6) is 0 Å². The molecule has 0 unspecified atom stereocenters. The fourth-order valence-corrected chi connectivity index (χ4v) is 3.35. The number of nitrogens with zero attached hydrogens (tertiary/aromatic N) is 3. The molecule has 1 saturated heterocycles. The van der Waals surface area contributed by atoms with Crippen LogP contribution in [0, 0.1) is 5.82 Å². The Labute approximate surface area is 141 Å². The van der Waals surface area contributed by atoms with Crippen LogP contribution in [0.3, 0.4) is 0 Å². The Hall–Kier alpha value is -2.46. The van der Waals surface area contributed by atoms with Crippen LogP contribution in [0.2, 0.25) is 0 Å². The van der Waals surface area contributed by atoms with Crippen LogP contribution < -0.4 is 4.90 Å². The lowest BCUT2D eigenvalue weighted by atomic mass is 10.1. The Balaban J connectivity index is 1.43. The third-order valence-corrected chi connectivity index (χ3v) is 4.67. The molecular formula is C20H20FN3. The fourth-order valence-electron chi connectivity index (χ4n) is 3.35. The largest absolute Gasteiger partial charge is 0.369 e. The van der Waals surface area contributed by atoms with Gasteiger partial charge in [0, 0.05) is 50.0 Å². The number of fused-ring (bicyclic) bond motifs is 1. The summed E-state index contributed by atoms with van der Waals surface area (Å²) >= 11 is 0. The van der Waals surface area contributed by atoms with Crippen LogP contribution in [0.1, 0.15) is 5.56 Å². The van der Waals surface area contributed by atoms with Gasteiger partial charge in [-0.3, -0.25) is 9.88 Å². The maximum atomic E-state index is 13.1. The molecule has 0 saturated carbocycles. The minimum Gasteiger partial charge on any atom is -0.369 e. The Morgan fingerprint density at radius 2 is 1.62 bits per heavy atom. The molecule has 24 heavy (non-hydrogen) atoms. The molecule has 3 nitrogen and oxygen atoms in total. The zero-order valence-corrected chi connectivity index (χ0v) is 13.5. The van der Waals surface area contributed by atoms with Gasteiger partial charge in [-0.2, -0.15) is 0 Å². The Morgan fingerprint density at radius 1 is 0.875 bits per heavy atom. The van der Waals surface area contributed by atoms with E-state index in [2.05, 4.69) is 39.0 Å². The Morgan fingerprint density at radius 3 is 2.42 bits per heavy atom. The van der Waals surface area contributed by atoms with E-state index in [0.29, 0.717) is 0 Å². The first-order valence-corrected chi connectivity index (χ1v) is 8.35. The van der Waals surface area contributed by atoms with Gasteiger partial charge in [0.15, 0.2) is 0 Å². The molecule has 0 amide bonds. The van der Waals surface area contributed by atoms with Crippen LogP contribution >= 0.6 is 0 Å². The van der Waals surface area contributed by atoms with Crippen molar-refractivity contribution in [1.82, 2.24) is 9.88 Å². The summed E-state index contributed by atoms with van der Waals surface area (Å²) in [7, 11) is 0. The van der Waals surface area contributed by atoms with Crippen molar-refractivity contribution in [1.29, 1.82) is 0 Å². The summed E-state index contributed by atoms with van der Waals surface area (Å²) in [5, 5.41) is 1.19. The van der Waals surface area contributed by atoms with Crippen LogP contribution in [0.25, 0.3) is 10.9 Å². The first-order valence-electron chi connectivity index (χ1n) is 8.35. The van der Waals surface area contributed by atoms with Gasteiger partial charge in [-0.1, -0.05) is 24.3 Å². The van der Waals surface area contributed by atoms with Gasteiger partial charge in [0.2, 0.25) is 0 Å². The molecule has 1 aromatic heterocycles. The molecule has 0 aliphatic carbocycles. The smallest absolute Gasteiger partial charge is 0.123 e. The lowest BCUT2D eigenvalue weighted by Gasteiger charge is -2.36. The lowest BCUT2D eigenvalue weighted by Crippen LogP contribution is -2.46. The minimum absolute atomic E-state index is 0.180. The van der Waals surface area contributed by atoms with E-state index in [0.717, 1.165) is 43.9 Å². The second kappa shape index (κ2) is 6.57. The van der Waals surface area contributed by atoms with Crippen LogP contribution in [-0.4, -0.2) is 36.1 Å². The van der Waals surface area contributed by atoms with E-state index in [-0.39, 0.29) is 5.82 Å². The predicted molar refractivity (Wildman–Crippen MR) is 95.6 cm³/mol. The van der Waals surface area contributed by atoms with Crippen molar-refractivity contribution < 1.29 is 4.39 Å². The maximum Gasteiger partial charge on any atom is 0.123 e. The number of piperazine rings is 1. The van der Waals surface area contributed by atoms with E-state index >= 15 is 0 Å². The highest BCUT2D eigenvalue weighted by Crippen LogP contribution is 2.20. The molecule has 4 rings (SSSR count). The van der Waals surface area contributed by atoms with Gasteiger partial charge in [-0.15, -0.1) is 0 Å². The first kappa shape index (κ1) is 15.1. The van der Waals surface area contributed by atoms with Crippen molar-refractivity contribution in [2.75, 3.05) is 31.1 Å². The number of benzene rings is 2. The Bertz CT molecular complexity index is 818. The SMILES string of the molecule is Fc1ccc(N2CCN(Cc3cccc4cccnc34)CC2)cc1. The standard InChI is InChI=1S/C20H20FN3/c21-18-6-8-19(9-7-18)24-13-11-23(12-14-24)15-17-4-1-3-16-5-2-10-22-20(16)17/h1-10H,11-15H2. The fraction of sp³-hybridized carbons (Fsp3) is 0.250. The normalized spacial score (nSPS) is 15.8. The van der Waals surface area contributed by atoms with Gasteiger partial charge >= 0.3 is 0 Å². The molecule has 1 aliphatic rings. The summed E-state index contributed by atoms with van der Waals surface area (Å²) in [6.07, 6.45) is 1.86. The molecule has 0 N–H and O–H groups in total. The average Bonchev–Trinajstić information content (AvgIpc) is 2.63. The maximum absolute atomic E-state index is 13.1. The van der Waals surface area contributed by atoms with Gasteiger partial charge in [0.1, 0.15) is 5.82 Å². The van der Waals surface area contributed by atoms with Gasteiger partial charge < -0.3 is 4.90 Å². The minimum atomic E-state index is -0.180. The van der Waals surface area contributed by atoms with Crippen molar-refractivity contribution in [2.24, 2.45) is 0 Å². The van der Waals surface area contributed by atoms with Crippen molar-refractivity contribution in [2.45, 2.75) is 6.54 Å². The lowest BCUT2D eigenvalue weighted by molar-refractivity contribution is 0.250. The number of hydrogen-bond donors (Lipinski definition) is 0. The van der Waals surface area contributed by atoms with Crippen LogP contribution in [0.15, 0.2) is 60.8 Å². The van der Waals surface area contributed by atoms with Crippen LogP contribution in [0.4, 0.5) is 10.1 Å². The summed E-state index contributed by atoms with van der Waals surface area (Å²) in [5.74, 6) is -0.180. The molecule has 122 valence electrons. The third-order valence-electron chi connectivity index (χ3n) is 4.67. The molecule has 0 bridgehead atoms. The van der Waals surface area contributed by atoms with Crippen molar-refractivity contribution >= 4 is 16.6 Å². The molecule has 4 heteroatoms. The molecule has 0 radical (unpaired) electrons. The van der Waals surface area contributed by atoms with Gasteiger partial charge in [-0.25, -0.2) is 4.39 Å². The molecule has 3 aromatic rings. The van der Waals surface area contributed by atoms with E-state index in [1.165, 1.54) is 23.1 Å². The van der Waals surface area contributed by atoms with Crippen molar-refractivity contribution in [3.05, 3.63) is 72.2 Å². The molecule has 0 spiro atoms. The quantitative estimate of drug-likeness (QED) is 0.733. The van der Waals surface area contributed by atoms with E-state index in [9.17, 15) is 4.39 Å². The number of rotatable bonds is 3. The number of para-hydroxylation sites is 1. The number of halogens is 1. The van der Waals surface area contributed by atoms with Crippen molar-refractivity contribution in [3.63, 3.8) is 0 Å². The summed E-state index contributed by atoms with van der Waals surface area (Å²) in [4.78, 5) is 9.32. The Kier molecular flexibility index (Phi) is 4.13. The van der Waals surface area contributed by atoms with E-state index < -0.39 is 0 Å². The summed E-state index contributed by atoms with van der Waals surface area (Å²) in [5.41, 5.74) is 3.48. The number of hydrogen-bond acceptors (Lipinski definition) is 3. The molecule has 2 heterocycles. The van der Waals surface area contributed by atoms with Crippen LogP contribution in [-0.2, 0) is 6.54 Å². The van der Waals surface area contributed by atoms with Gasteiger partial charge in [0.05, 0.1) is 5.52 Å². The molecule has 1 aliphatic heterocycles. The number of pyridine rings is 1. The zero-order chi connectivity index (χ0) is 16.4. The number of anilines is 1. The molecule has 2 aromatic carbocycles. The highest BCUT2D eigenvalue weighted by atomic mass is 19.1. The van der Waals surface area contributed by atoms with E-state index in [4.69, 9.17) is 0 Å². The molecule has 1 fully saturated rings. The highest BCUT2D eigenvalue weighted by Gasteiger charge is 2.18. The van der Waals surface area contributed by atoms with Crippen molar-refractivity contribution in [3.8, 4) is 0 Å². The molecule has 0 atom stereocenters. The second-order valence-electron chi connectivity index (χ2n) is 6.23. The monoisotopic (exact) mass is 321 g/mol. The number of aromatic nitrogens is 1. The van der Waals surface area contributed by atoms with E-state index in [1.807, 2.05) is 24.4 Å². The summed E-state index contributed by atoms with van der Waals surface area (Å²) in [6.45, 7) is 4.85. The zero-order valence-electron chi connectivity index (χ0n) is 13.5. The third kappa shape index (κ3) is 3.10. The second-order valence-corrected chi connectivity index (χ2v) is 6.23. The highest BCUT2D eigenvalue weighted by molar-refractivity contribution is 5.81. The van der Waals surface area contributed by atoms with Gasteiger partial charge in [-0.05, 0) is 35.9 Å². The predicted octanol–water partition coefficient (Wildman–Crippen LogP) is 3.70. The van der Waals surface area contributed by atoms with Gasteiger partial charge in [0.25, 0.3) is 0 Å². The summed E-state index contributed by atoms with van der Waals surface area (Å²) < 4.78 is 13.1. The summed E-state index contributed by atoms with van der Waals surface area (Å²) in [6, 6.07) is 17.3.